The second-order valence-electron chi connectivity index (χ2n) is 5.63. The van der Waals surface area contributed by atoms with Gasteiger partial charge in [-0.25, -0.2) is 13.4 Å². The van der Waals surface area contributed by atoms with E-state index in [9.17, 15) is 13.2 Å². The topological polar surface area (TPSA) is 70.6 Å². The van der Waals surface area contributed by atoms with Gasteiger partial charge in [-0.05, 0) is 19.1 Å². The summed E-state index contributed by atoms with van der Waals surface area (Å²) in [6.07, 6.45) is 0.274. The van der Waals surface area contributed by atoms with Crippen LogP contribution in [0.2, 0.25) is 0 Å². The first-order chi connectivity index (χ1) is 11.5. The Labute approximate surface area is 145 Å². The van der Waals surface area contributed by atoms with Crippen LogP contribution in [0.3, 0.4) is 0 Å². The molecule has 0 N–H and O–H groups in total. The van der Waals surface area contributed by atoms with Crippen LogP contribution in [-0.4, -0.2) is 54.7 Å². The lowest BCUT2D eigenvalue weighted by Crippen LogP contribution is -2.50. The van der Waals surface area contributed by atoms with E-state index in [-0.39, 0.29) is 12.3 Å². The van der Waals surface area contributed by atoms with E-state index in [4.69, 9.17) is 0 Å². The zero-order chi connectivity index (χ0) is 17.2. The normalized spacial score (nSPS) is 16.3. The molecular weight excluding hydrogens is 346 g/mol. The van der Waals surface area contributed by atoms with Crippen molar-refractivity contribution in [3.05, 3.63) is 46.4 Å². The Hall–Kier alpha value is -1.77. The van der Waals surface area contributed by atoms with Crippen LogP contribution in [-0.2, 0) is 21.2 Å². The zero-order valence-corrected chi connectivity index (χ0v) is 15.0. The second kappa shape index (κ2) is 7.00. The van der Waals surface area contributed by atoms with Crippen LogP contribution in [0.5, 0.6) is 0 Å². The van der Waals surface area contributed by atoms with Crippen LogP contribution in [0.4, 0.5) is 0 Å². The van der Waals surface area contributed by atoms with E-state index >= 15 is 0 Å². The van der Waals surface area contributed by atoms with Crippen molar-refractivity contribution in [2.45, 2.75) is 18.2 Å². The van der Waals surface area contributed by atoms with E-state index in [1.165, 1.54) is 15.6 Å². The molecule has 128 valence electrons. The van der Waals surface area contributed by atoms with E-state index in [0.717, 1.165) is 10.7 Å². The average Bonchev–Trinajstić information content (AvgIpc) is 3.00. The molecule has 0 spiro atoms. The minimum absolute atomic E-state index is 0.00272. The van der Waals surface area contributed by atoms with Crippen molar-refractivity contribution in [3.8, 4) is 0 Å². The van der Waals surface area contributed by atoms with Gasteiger partial charge in [-0.2, -0.15) is 4.31 Å². The van der Waals surface area contributed by atoms with Crippen molar-refractivity contribution in [3.63, 3.8) is 0 Å². The molecule has 1 aromatic carbocycles. The number of hydrogen-bond acceptors (Lipinski definition) is 5. The Morgan fingerprint density at radius 2 is 1.83 bits per heavy atom. The Morgan fingerprint density at radius 3 is 2.42 bits per heavy atom. The predicted molar refractivity (Wildman–Crippen MR) is 92.3 cm³/mol. The molecule has 8 heteroatoms. The standard InChI is InChI=1S/C16H19N3O3S2/c1-13-17-14(12-23-13)11-16(20)18-7-9-19(10-8-18)24(21,22)15-5-3-2-4-6-15/h2-6,12H,7-11H2,1H3. The number of benzene rings is 1. The second-order valence-corrected chi connectivity index (χ2v) is 8.63. The molecule has 6 nitrogen and oxygen atoms in total. The summed E-state index contributed by atoms with van der Waals surface area (Å²) in [4.78, 5) is 18.6. The fourth-order valence-electron chi connectivity index (χ4n) is 2.68. The molecule has 1 aromatic heterocycles. The molecule has 2 aromatic rings. The lowest BCUT2D eigenvalue weighted by molar-refractivity contribution is -0.131. The molecule has 24 heavy (non-hydrogen) atoms. The van der Waals surface area contributed by atoms with Crippen LogP contribution in [0, 0.1) is 6.92 Å². The molecule has 0 radical (unpaired) electrons. The van der Waals surface area contributed by atoms with Crippen molar-refractivity contribution in [2.24, 2.45) is 0 Å². The van der Waals surface area contributed by atoms with Crippen LogP contribution in [0.1, 0.15) is 10.7 Å². The molecule has 1 fully saturated rings. The Morgan fingerprint density at radius 1 is 1.17 bits per heavy atom. The number of aromatic nitrogens is 1. The molecule has 1 saturated heterocycles. The monoisotopic (exact) mass is 365 g/mol. The van der Waals surface area contributed by atoms with Gasteiger partial charge in [0, 0.05) is 31.6 Å². The Bertz CT molecular complexity index is 810. The maximum absolute atomic E-state index is 12.6. The highest BCUT2D eigenvalue weighted by Gasteiger charge is 2.30. The molecule has 2 heterocycles. The van der Waals surface area contributed by atoms with Crippen LogP contribution >= 0.6 is 11.3 Å². The van der Waals surface area contributed by atoms with Gasteiger partial charge in [0.2, 0.25) is 15.9 Å². The van der Waals surface area contributed by atoms with Crippen molar-refractivity contribution in [1.82, 2.24) is 14.2 Å². The maximum Gasteiger partial charge on any atom is 0.243 e. The fourth-order valence-corrected chi connectivity index (χ4v) is 4.73. The minimum Gasteiger partial charge on any atom is -0.340 e. The van der Waals surface area contributed by atoms with Crippen LogP contribution < -0.4 is 0 Å². The third-order valence-corrected chi connectivity index (χ3v) is 6.71. The highest BCUT2D eigenvalue weighted by atomic mass is 32.2. The van der Waals surface area contributed by atoms with Gasteiger partial charge < -0.3 is 4.90 Å². The molecular formula is C16H19N3O3S2. The molecule has 0 bridgehead atoms. The van der Waals surface area contributed by atoms with E-state index in [1.807, 2.05) is 12.3 Å². The van der Waals surface area contributed by atoms with Gasteiger partial charge in [0.25, 0.3) is 0 Å². The Balaban J connectivity index is 1.60. The smallest absolute Gasteiger partial charge is 0.243 e. The molecule has 1 aliphatic heterocycles. The van der Waals surface area contributed by atoms with Gasteiger partial charge in [0.15, 0.2) is 0 Å². The quantitative estimate of drug-likeness (QED) is 0.824. The number of amides is 1. The number of rotatable bonds is 4. The number of carbonyl (C=O) groups excluding carboxylic acids is 1. The number of carbonyl (C=O) groups is 1. The summed E-state index contributed by atoms with van der Waals surface area (Å²) < 4.78 is 26.6. The third-order valence-electron chi connectivity index (χ3n) is 3.97. The van der Waals surface area contributed by atoms with Gasteiger partial charge in [0.1, 0.15) is 0 Å². The van der Waals surface area contributed by atoms with Gasteiger partial charge in [0.05, 0.1) is 22.0 Å². The van der Waals surface area contributed by atoms with E-state index in [1.54, 1.807) is 35.2 Å². The van der Waals surface area contributed by atoms with Crippen molar-refractivity contribution in [1.29, 1.82) is 0 Å². The van der Waals surface area contributed by atoms with Gasteiger partial charge >= 0.3 is 0 Å². The summed E-state index contributed by atoms with van der Waals surface area (Å²) in [7, 11) is -3.48. The number of nitrogens with zero attached hydrogens (tertiary/aromatic N) is 3. The summed E-state index contributed by atoms with van der Waals surface area (Å²) >= 11 is 1.53. The summed E-state index contributed by atoms with van der Waals surface area (Å²) in [5.41, 5.74) is 0.779. The Kier molecular flexibility index (Phi) is 4.98. The predicted octanol–water partition coefficient (Wildman–Crippen LogP) is 1.53. The lowest BCUT2D eigenvalue weighted by Gasteiger charge is -2.34. The van der Waals surface area contributed by atoms with Crippen molar-refractivity contribution in [2.75, 3.05) is 26.2 Å². The molecule has 0 atom stereocenters. The van der Waals surface area contributed by atoms with Crippen LogP contribution in [0.25, 0.3) is 0 Å². The molecule has 1 amide bonds. The highest BCUT2D eigenvalue weighted by molar-refractivity contribution is 7.89. The molecule has 3 rings (SSSR count). The number of thiazole rings is 1. The molecule has 0 aliphatic carbocycles. The van der Waals surface area contributed by atoms with E-state index < -0.39 is 10.0 Å². The van der Waals surface area contributed by atoms with Gasteiger partial charge in [-0.1, -0.05) is 18.2 Å². The number of piperazine rings is 1. The maximum atomic E-state index is 12.6. The first kappa shape index (κ1) is 17.1. The summed E-state index contributed by atoms with van der Waals surface area (Å²) in [6.45, 7) is 3.37. The number of hydrogen-bond donors (Lipinski definition) is 0. The van der Waals surface area contributed by atoms with Crippen LogP contribution in [0.15, 0.2) is 40.6 Å². The van der Waals surface area contributed by atoms with Crippen molar-refractivity contribution >= 4 is 27.3 Å². The highest BCUT2D eigenvalue weighted by Crippen LogP contribution is 2.18. The zero-order valence-electron chi connectivity index (χ0n) is 13.4. The van der Waals surface area contributed by atoms with E-state index in [0.29, 0.717) is 31.1 Å². The average molecular weight is 365 g/mol. The van der Waals surface area contributed by atoms with E-state index in [2.05, 4.69) is 4.98 Å². The summed E-state index contributed by atoms with van der Waals surface area (Å²) in [5.74, 6) is -0.00272. The van der Waals surface area contributed by atoms with Gasteiger partial charge in [-0.3, -0.25) is 4.79 Å². The largest absolute Gasteiger partial charge is 0.340 e. The first-order valence-electron chi connectivity index (χ1n) is 7.71. The fraction of sp³-hybridized carbons (Fsp3) is 0.375. The lowest BCUT2D eigenvalue weighted by atomic mass is 10.2. The SMILES string of the molecule is Cc1nc(CC(=O)N2CCN(S(=O)(=O)c3ccccc3)CC2)cs1. The van der Waals surface area contributed by atoms with Gasteiger partial charge in [-0.15, -0.1) is 11.3 Å². The molecule has 0 saturated carbocycles. The number of sulfonamides is 1. The minimum atomic E-state index is -3.48. The summed E-state index contributed by atoms with van der Waals surface area (Å²) in [6, 6.07) is 8.40. The molecule has 1 aliphatic rings. The third kappa shape index (κ3) is 3.66. The van der Waals surface area contributed by atoms with Crippen molar-refractivity contribution < 1.29 is 13.2 Å². The first-order valence-corrected chi connectivity index (χ1v) is 10.0. The molecule has 0 unspecified atom stereocenters. The summed E-state index contributed by atoms with van der Waals surface area (Å²) in [5, 5.41) is 2.83. The number of aryl methyl sites for hydroxylation is 1.